The Balaban J connectivity index is 2.85. The van der Waals surface area contributed by atoms with Crippen molar-refractivity contribution in [2.24, 2.45) is 0 Å². The van der Waals surface area contributed by atoms with Gasteiger partial charge in [-0.25, -0.2) is 22.5 Å². The predicted molar refractivity (Wildman–Crippen MR) is 53.1 cm³/mol. The van der Waals surface area contributed by atoms with Gasteiger partial charge in [0.05, 0.1) is 6.54 Å². The Labute approximate surface area is 98.2 Å². The molecule has 9 heteroatoms. The quantitative estimate of drug-likeness (QED) is 0.810. The normalized spacial score (nSPS) is 11.8. The number of pyridine rings is 1. The first-order valence-corrected chi connectivity index (χ1v) is 4.71. The Morgan fingerprint density at radius 2 is 1.78 bits per heavy atom. The highest BCUT2D eigenvalue weighted by atomic mass is 19.3. The molecule has 0 radical (unpaired) electrons. The Morgan fingerprint density at radius 1 is 1.22 bits per heavy atom. The van der Waals surface area contributed by atoms with Crippen molar-refractivity contribution in [1.82, 2.24) is 4.98 Å². The van der Waals surface area contributed by atoms with Gasteiger partial charge in [-0.1, -0.05) is 0 Å². The van der Waals surface area contributed by atoms with Crippen LogP contribution in [0.15, 0.2) is 6.07 Å². The molecular formula is C9H9F6N3. The Morgan fingerprint density at radius 3 is 2.28 bits per heavy atom. The summed E-state index contributed by atoms with van der Waals surface area (Å²) in [5, 5.41) is 3.97. The number of hydrogen-bond donors (Lipinski definition) is 2. The number of rotatable bonds is 5. The third kappa shape index (κ3) is 3.17. The molecule has 0 saturated carbocycles. The molecule has 102 valence electrons. The van der Waals surface area contributed by atoms with E-state index < -0.39 is 36.3 Å². The molecule has 18 heavy (non-hydrogen) atoms. The first kappa shape index (κ1) is 14.4. The van der Waals surface area contributed by atoms with Gasteiger partial charge in [0.15, 0.2) is 23.3 Å². The van der Waals surface area contributed by atoms with Crippen LogP contribution in [-0.2, 0) is 0 Å². The summed E-state index contributed by atoms with van der Waals surface area (Å²) < 4.78 is 74.9. The molecule has 2 N–H and O–H groups in total. The lowest BCUT2D eigenvalue weighted by atomic mass is 10.3. The smallest absolute Gasteiger partial charge is 0.324 e. The molecule has 1 rings (SSSR count). The van der Waals surface area contributed by atoms with Crippen LogP contribution < -0.4 is 10.6 Å². The topological polar surface area (TPSA) is 37.0 Å². The van der Waals surface area contributed by atoms with Crippen LogP contribution in [0.3, 0.4) is 0 Å². The minimum Gasteiger partial charge on any atom is -0.371 e. The lowest BCUT2D eigenvalue weighted by Crippen LogP contribution is -2.35. The summed E-state index contributed by atoms with van der Waals surface area (Å²) in [6, 6.07) is 0.404. The molecule has 1 aromatic rings. The molecule has 0 atom stereocenters. The number of aromatic nitrogens is 1. The maximum absolute atomic E-state index is 13.1. The molecule has 0 aliphatic rings. The van der Waals surface area contributed by atoms with Gasteiger partial charge in [0.2, 0.25) is 0 Å². The van der Waals surface area contributed by atoms with Crippen LogP contribution in [0.4, 0.5) is 38.0 Å². The Hall–Kier alpha value is -1.67. The van der Waals surface area contributed by atoms with Crippen LogP contribution >= 0.6 is 0 Å². The van der Waals surface area contributed by atoms with Crippen LogP contribution in [0, 0.1) is 11.6 Å². The molecular weight excluding hydrogens is 264 g/mol. The van der Waals surface area contributed by atoms with E-state index in [4.69, 9.17) is 0 Å². The highest BCUT2D eigenvalue weighted by molar-refractivity contribution is 5.47. The summed E-state index contributed by atoms with van der Waals surface area (Å²) in [5.74, 6) is -7.74. The largest absolute Gasteiger partial charge is 0.371 e. The van der Waals surface area contributed by atoms with E-state index in [9.17, 15) is 26.3 Å². The Kier molecular flexibility index (Phi) is 4.25. The molecule has 0 amide bonds. The van der Waals surface area contributed by atoms with Crippen LogP contribution in [0.5, 0.6) is 0 Å². The second kappa shape index (κ2) is 5.32. The first-order chi connectivity index (χ1) is 8.27. The van der Waals surface area contributed by atoms with Crippen LogP contribution in [-0.4, -0.2) is 30.9 Å². The lowest BCUT2D eigenvalue weighted by molar-refractivity contribution is -0.117. The maximum atomic E-state index is 13.1. The van der Waals surface area contributed by atoms with E-state index >= 15 is 0 Å². The van der Waals surface area contributed by atoms with Gasteiger partial charge in [0, 0.05) is 13.1 Å². The summed E-state index contributed by atoms with van der Waals surface area (Å²) in [6.07, 6.45) is -3.89. The fourth-order valence-corrected chi connectivity index (χ4v) is 1.04. The van der Waals surface area contributed by atoms with Gasteiger partial charge in [-0.3, -0.25) is 0 Å². The molecule has 0 fully saturated rings. The van der Waals surface area contributed by atoms with Crippen molar-refractivity contribution in [3.8, 4) is 0 Å². The average molecular weight is 273 g/mol. The minimum atomic E-state index is -4.33. The molecule has 0 aliphatic heterocycles. The SMILES string of the molecule is CNc1nc(NCC(F)(F)C(F)F)c(F)cc1F. The highest BCUT2D eigenvalue weighted by Gasteiger charge is 2.40. The van der Waals surface area contributed by atoms with E-state index in [1.54, 1.807) is 5.32 Å². The second-order valence-corrected chi connectivity index (χ2v) is 3.31. The number of alkyl halides is 4. The molecule has 1 aromatic heterocycles. The molecule has 0 saturated heterocycles. The van der Waals surface area contributed by atoms with Crippen molar-refractivity contribution in [2.45, 2.75) is 12.3 Å². The van der Waals surface area contributed by atoms with E-state index in [0.29, 0.717) is 6.07 Å². The number of nitrogens with zero attached hydrogens (tertiary/aromatic N) is 1. The summed E-state index contributed by atoms with van der Waals surface area (Å²) in [4.78, 5) is 3.30. The van der Waals surface area contributed by atoms with E-state index in [-0.39, 0.29) is 5.82 Å². The van der Waals surface area contributed by atoms with E-state index in [2.05, 4.69) is 10.3 Å². The minimum absolute atomic E-state index is 0.390. The van der Waals surface area contributed by atoms with Crippen molar-refractivity contribution >= 4 is 11.6 Å². The summed E-state index contributed by atoms with van der Waals surface area (Å²) >= 11 is 0. The third-order valence-electron chi connectivity index (χ3n) is 1.98. The number of nitrogens with one attached hydrogen (secondary N) is 2. The molecule has 0 aliphatic carbocycles. The van der Waals surface area contributed by atoms with Gasteiger partial charge in [0.1, 0.15) is 0 Å². The monoisotopic (exact) mass is 273 g/mol. The number of anilines is 2. The zero-order valence-electron chi connectivity index (χ0n) is 9.08. The van der Waals surface area contributed by atoms with Crippen LogP contribution in [0.1, 0.15) is 0 Å². The van der Waals surface area contributed by atoms with E-state index in [1.807, 2.05) is 0 Å². The summed E-state index contributed by atoms with van der Waals surface area (Å²) in [7, 11) is 1.28. The Bertz CT molecular complexity index is 423. The summed E-state index contributed by atoms with van der Waals surface area (Å²) in [6.45, 7) is -1.51. The fraction of sp³-hybridized carbons (Fsp3) is 0.444. The van der Waals surface area contributed by atoms with E-state index in [1.165, 1.54) is 7.05 Å². The van der Waals surface area contributed by atoms with Crippen molar-refractivity contribution in [1.29, 1.82) is 0 Å². The van der Waals surface area contributed by atoms with Crippen LogP contribution in [0.2, 0.25) is 0 Å². The summed E-state index contributed by atoms with van der Waals surface area (Å²) in [5.41, 5.74) is 0. The second-order valence-electron chi connectivity index (χ2n) is 3.31. The maximum Gasteiger partial charge on any atom is 0.324 e. The predicted octanol–water partition coefficient (Wildman–Crippen LogP) is 2.71. The number of hydrogen-bond acceptors (Lipinski definition) is 3. The van der Waals surface area contributed by atoms with Crippen molar-refractivity contribution in [2.75, 3.05) is 24.2 Å². The van der Waals surface area contributed by atoms with Crippen molar-refractivity contribution in [3.05, 3.63) is 17.7 Å². The van der Waals surface area contributed by atoms with Gasteiger partial charge in [0.25, 0.3) is 0 Å². The first-order valence-electron chi connectivity index (χ1n) is 4.71. The average Bonchev–Trinajstić information content (AvgIpc) is 2.27. The van der Waals surface area contributed by atoms with E-state index in [0.717, 1.165) is 0 Å². The standard InChI is InChI=1S/C9H9F6N3/c1-16-6-4(10)2-5(11)7(18-6)17-3-9(14,15)8(12)13/h2,8H,3H2,1H3,(H2,16,17,18). The van der Waals surface area contributed by atoms with Gasteiger partial charge in [-0.05, 0) is 0 Å². The van der Waals surface area contributed by atoms with Crippen molar-refractivity contribution in [3.63, 3.8) is 0 Å². The van der Waals surface area contributed by atoms with Gasteiger partial charge < -0.3 is 10.6 Å². The molecule has 1 heterocycles. The van der Waals surface area contributed by atoms with Gasteiger partial charge >= 0.3 is 12.3 Å². The molecule has 0 bridgehead atoms. The van der Waals surface area contributed by atoms with Gasteiger partial charge in [-0.2, -0.15) is 8.78 Å². The molecule has 3 nitrogen and oxygen atoms in total. The van der Waals surface area contributed by atoms with Gasteiger partial charge in [-0.15, -0.1) is 0 Å². The zero-order valence-corrected chi connectivity index (χ0v) is 9.08. The third-order valence-corrected chi connectivity index (χ3v) is 1.98. The zero-order chi connectivity index (χ0) is 13.9. The molecule has 0 spiro atoms. The lowest BCUT2D eigenvalue weighted by Gasteiger charge is -2.16. The van der Waals surface area contributed by atoms with Crippen LogP contribution in [0.25, 0.3) is 0 Å². The number of halogens is 6. The molecule has 0 aromatic carbocycles. The fourth-order valence-electron chi connectivity index (χ4n) is 1.04. The highest BCUT2D eigenvalue weighted by Crippen LogP contribution is 2.24. The molecule has 0 unspecified atom stereocenters. The van der Waals surface area contributed by atoms with Crippen molar-refractivity contribution < 1.29 is 26.3 Å².